The van der Waals surface area contributed by atoms with E-state index in [1.807, 2.05) is 24.3 Å². The van der Waals surface area contributed by atoms with Gasteiger partial charge in [0.05, 0.1) is 5.69 Å². The molecule has 8 nitrogen and oxygen atoms in total. The number of benzene rings is 1. The molecule has 0 bridgehead atoms. The van der Waals surface area contributed by atoms with Crippen molar-refractivity contribution in [3.05, 3.63) is 64.1 Å². The van der Waals surface area contributed by atoms with Gasteiger partial charge in [0.25, 0.3) is 10.2 Å². The molecule has 0 spiro atoms. The van der Waals surface area contributed by atoms with Crippen LogP contribution in [0.1, 0.15) is 11.1 Å². The van der Waals surface area contributed by atoms with Gasteiger partial charge in [0, 0.05) is 36.4 Å². The summed E-state index contributed by atoms with van der Waals surface area (Å²) in [6.45, 7) is 0.648. The standard InChI is InChI=1S/C17H17N5O3S/c18-26(24,25)22-8-6-11-1-2-13(9-12(11)10-22)20-15-5-7-19-17-14(15)3-4-16(23)21-17/h1-5,7,9H,6,8,10H2,(H2,18,24,25)(H2,19,20,21,23). The summed E-state index contributed by atoms with van der Waals surface area (Å²) in [5.74, 6) is 0. The lowest BCUT2D eigenvalue weighted by Gasteiger charge is -2.26. The molecular weight excluding hydrogens is 354 g/mol. The van der Waals surface area contributed by atoms with E-state index in [0.29, 0.717) is 18.6 Å². The van der Waals surface area contributed by atoms with E-state index in [-0.39, 0.29) is 12.1 Å². The molecule has 0 saturated heterocycles. The molecule has 1 aliphatic heterocycles. The summed E-state index contributed by atoms with van der Waals surface area (Å²) < 4.78 is 24.5. The van der Waals surface area contributed by atoms with Crippen LogP contribution in [0.3, 0.4) is 0 Å². The van der Waals surface area contributed by atoms with E-state index in [9.17, 15) is 13.2 Å². The van der Waals surface area contributed by atoms with Gasteiger partial charge in [-0.3, -0.25) is 4.79 Å². The van der Waals surface area contributed by atoms with Crippen molar-refractivity contribution in [2.45, 2.75) is 13.0 Å². The Morgan fingerprint density at radius 3 is 2.81 bits per heavy atom. The zero-order valence-electron chi connectivity index (χ0n) is 13.8. The molecule has 0 fully saturated rings. The third kappa shape index (κ3) is 3.19. The van der Waals surface area contributed by atoms with Crippen LogP contribution in [0.25, 0.3) is 11.0 Å². The number of aromatic nitrogens is 2. The van der Waals surface area contributed by atoms with Crippen LogP contribution in [0, 0.1) is 0 Å². The Kier molecular flexibility index (Phi) is 3.98. The summed E-state index contributed by atoms with van der Waals surface area (Å²) in [6, 6.07) is 10.8. The second-order valence-corrected chi connectivity index (χ2v) is 7.73. The highest BCUT2D eigenvalue weighted by Gasteiger charge is 2.23. The first-order valence-corrected chi connectivity index (χ1v) is 9.55. The van der Waals surface area contributed by atoms with E-state index >= 15 is 0 Å². The molecule has 1 aromatic carbocycles. The van der Waals surface area contributed by atoms with E-state index in [1.54, 1.807) is 12.3 Å². The summed E-state index contributed by atoms with van der Waals surface area (Å²) >= 11 is 0. The minimum absolute atomic E-state index is 0.209. The van der Waals surface area contributed by atoms with E-state index in [1.165, 1.54) is 10.4 Å². The van der Waals surface area contributed by atoms with Crippen LogP contribution >= 0.6 is 0 Å². The Bertz CT molecular complexity index is 1160. The fourth-order valence-electron chi connectivity index (χ4n) is 3.15. The molecule has 0 atom stereocenters. The summed E-state index contributed by atoms with van der Waals surface area (Å²) in [7, 11) is -3.70. The number of nitrogens with one attached hydrogen (secondary N) is 2. The van der Waals surface area contributed by atoms with Gasteiger partial charge in [-0.2, -0.15) is 12.7 Å². The van der Waals surface area contributed by atoms with Crippen molar-refractivity contribution in [3.63, 3.8) is 0 Å². The Balaban J connectivity index is 1.68. The predicted octanol–water partition coefficient (Wildman–Crippen LogP) is 1.23. The molecule has 9 heteroatoms. The first-order chi connectivity index (χ1) is 12.4. The highest BCUT2D eigenvalue weighted by molar-refractivity contribution is 7.86. The molecule has 4 rings (SSSR count). The lowest BCUT2D eigenvalue weighted by atomic mass is 10.0. The van der Waals surface area contributed by atoms with E-state index in [2.05, 4.69) is 15.3 Å². The third-order valence-electron chi connectivity index (χ3n) is 4.46. The molecule has 0 saturated carbocycles. The zero-order valence-corrected chi connectivity index (χ0v) is 14.6. The topological polar surface area (TPSA) is 121 Å². The monoisotopic (exact) mass is 371 g/mol. The molecule has 134 valence electrons. The van der Waals surface area contributed by atoms with Crippen molar-refractivity contribution in [2.24, 2.45) is 5.14 Å². The maximum atomic E-state index is 11.6. The van der Waals surface area contributed by atoms with Crippen molar-refractivity contribution in [1.82, 2.24) is 14.3 Å². The Labute approximate surface area is 149 Å². The normalized spacial score (nSPS) is 15.0. The van der Waals surface area contributed by atoms with Crippen molar-refractivity contribution >= 4 is 32.6 Å². The van der Waals surface area contributed by atoms with E-state index < -0.39 is 10.2 Å². The number of pyridine rings is 2. The van der Waals surface area contributed by atoms with Crippen LogP contribution < -0.4 is 16.0 Å². The number of nitrogens with two attached hydrogens (primary N) is 1. The zero-order chi connectivity index (χ0) is 18.3. The highest BCUT2D eigenvalue weighted by atomic mass is 32.2. The number of aromatic amines is 1. The van der Waals surface area contributed by atoms with Gasteiger partial charge < -0.3 is 10.3 Å². The molecule has 1 aliphatic rings. The van der Waals surface area contributed by atoms with Crippen LogP contribution in [0.15, 0.2) is 47.4 Å². The second kappa shape index (κ2) is 6.20. The van der Waals surface area contributed by atoms with Gasteiger partial charge in [-0.05, 0) is 41.8 Å². The van der Waals surface area contributed by atoms with E-state index in [0.717, 1.165) is 27.9 Å². The van der Waals surface area contributed by atoms with Crippen LogP contribution in [0.2, 0.25) is 0 Å². The molecule has 0 unspecified atom stereocenters. The molecule has 0 aliphatic carbocycles. The maximum absolute atomic E-state index is 11.6. The molecule has 0 amide bonds. The van der Waals surface area contributed by atoms with E-state index in [4.69, 9.17) is 5.14 Å². The van der Waals surface area contributed by atoms with Crippen molar-refractivity contribution in [1.29, 1.82) is 0 Å². The van der Waals surface area contributed by atoms with Crippen molar-refractivity contribution in [3.8, 4) is 0 Å². The van der Waals surface area contributed by atoms with Crippen molar-refractivity contribution < 1.29 is 8.42 Å². The van der Waals surface area contributed by atoms with Crippen LogP contribution in [-0.4, -0.2) is 29.2 Å². The third-order valence-corrected chi connectivity index (χ3v) is 5.49. The largest absolute Gasteiger partial charge is 0.355 e. The number of hydrogen-bond donors (Lipinski definition) is 3. The molecule has 0 radical (unpaired) electrons. The molecule has 2 aromatic heterocycles. The number of anilines is 2. The summed E-state index contributed by atoms with van der Waals surface area (Å²) in [5, 5.41) is 9.35. The van der Waals surface area contributed by atoms with Gasteiger partial charge in [-0.15, -0.1) is 0 Å². The number of hydrogen-bond acceptors (Lipinski definition) is 5. The fraction of sp³-hybridized carbons (Fsp3) is 0.176. The lowest BCUT2D eigenvalue weighted by Crippen LogP contribution is -2.40. The van der Waals surface area contributed by atoms with Crippen LogP contribution in [-0.2, 0) is 23.2 Å². The van der Waals surface area contributed by atoms with Gasteiger partial charge in [0.1, 0.15) is 5.65 Å². The second-order valence-electron chi connectivity index (χ2n) is 6.18. The summed E-state index contributed by atoms with van der Waals surface area (Å²) in [4.78, 5) is 18.3. The molecule has 3 heterocycles. The molecule has 26 heavy (non-hydrogen) atoms. The fourth-order valence-corrected chi connectivity index (χ4v) is 3.81. The van der Waals surface area contributed by atoms with Crippen LogP contribution in [0.4, 0.5) is 11.4 Å². The van der Waals surface area contributed by atoms with Gasteiger partial charge in [0.2, 0.25) is 5.56 Å². The first-order valence-electron chi connectivity index (χ1n) is 8.05. The van der Waals surface area contributed by atoms with Gasteiger partial charge in [-0.1, -0.05) is 6.07 Å². The highest BCUT2D eigenvalue weighted by Crippen LogP contribution is 2.27. The van der Waals surface area contributed by atoms with Crippen molar-refractivity contribution in [2.75, 3.05) is 11.9 Å². The Morgan fingerprint density at radius 2 is 2.00 bits per heavy atom. The minimum Gasteiger partial charge on any atom is -0.355 e. The van der Waals surface area contributed by atoms with Crippen LogP contribution in [0.5, 0.6) is 0 Å². The average molecular weight is 371 g/mol. The summed E-state index contributed by atoms with van der Waals surface area (Å²) in [5.41, 5.74) is 3.94. The SMILES string of the molecule is NS(=O)(=O)N1CCc2ccc(Nc3ccnc4[nH]c(=O)ccc34)cc2C1. The maximum Gasteiger partial charge on any atom is 0.277 e. The van der Waals surface area contributed by atoms with Gasteiger partial charge >= 0.3 is 0 Å². The Hall–Kier alpha value is -2.75. The van der Waals surface area contributed by atoms with Gasteiger partial charge in [0.15, 0.2) is 0 Å². The Morgan fingerprint density at radius 1 is 1.15 bits per heavy atom. The predicted molar refractivity (Wildman–Crippen MR) is 99.3 cm³/mol. The smallest absolute Gasteiger partial charge is 0.277 e. The number of fused-ring (bicyclic) bond motifs is 2. The average Bonchev–Trinajstić information content (AvgIpc) is 2.60. The number of nitrogens with zero attached hydrogens (tertiary/aromatic N) is 2. The van der Waals surface area contributed by atoms with Gasteiger partial charge in [-0.25, -0.2) is 10.1 Å². The lowest BCUT2D eigenvalue weighted by molar-refractivity contribution is 0.392. The quantitative estimate of drug-likeness (QED) is 0.639. The molecular formula is C17H17N5O3S. The summed E-state index contributed by atoms with van der Waals surface area (Å²) in [6.07, 6.45) is 2.24. The molecule has 4 N–H and O–H groups in total. The number of H-pyrrole nitrogens is 1. The molecule has 3 aromatic rings. The number of rotatable bonds is 3. The first kappa shape index (κ1) is 16.7. The minimum atomic E-state index is -3.70.